The van der Waals surface area contributed by atoms with E-state index in [-0.39, 0.29) is 11.3 Å². The van der Waals surface area contributed by atoms with Gasteiger partial charge in [-0.25, -0.2) is 4.98 Å². The Labute approximate surface area is 175 Å². The maximum Gasteiger partial charge on any atom is 0.263 e. The van der Waals surface area contributed by atoms with Gasteiger partial charge in [-0.05, 0) is 43.7 Å². The van der Waals surface area contributed by atoms with Gasteiger partial charge in [0.1, 0.15) is 9.71 Å². The van der Waals surface area contributed by atoms with Crippen LogP contribution < -0.4 is 11.1 Å². The third-order valence-electron chi connectivity index (χ3n) is 6.63. The predicted molar refractivity (Wildman–Crippen MR) is 117 cm³/mol. The molecule has 2 aliphatic rings. The summed E-state index contributed by atoms with van der Waals surface area (Å²) in [6.45, 7) is 3.75. The number of thiophene rings is 1. The number of nitrogen functional groups attached to an aromatic ring is 1. The third kappa shape index (κ3) is 3.84. The molecule has 0 aromatic carbocycles. The van der Waals surface area contributed by atoms with Crippen LogP contribution in [0.15, 0.2) is 12.1 Å². The smallest absolute Gasteiger partial charge is 0.263 e. The van der Waals surface area contributed by atoms with Gasteiger partial charge in [-0.3, -0.25) is 9.59 Å². The van der Waals surface area contributed by atoms with Crippen LogP contribution in [0, 0.1) is 5.92 Å². The number of fused-ring (bicyclic) bond motifs is 1. The van der Waals surface area contributed by atoms with Crippen molar-refractivity contribution in [2.24, 2.45) is 5.92 Å². The van der Waals surface area contributed by atoms with Gasteiger partial charge < -0.3 is 16.0 Å². The third-order valence-corrected chi connectivity index (χ3v) is 7.75. The van der Waals surface area contributed by atoms with Crippen molar-refractivity contribution >= 4 is 39.1 Å². The summed E-state index contributed by atoms with van der Waals surface area (Å²) >= 11 is 1.33. The van der Waals surface area contributed by atoms with E-state index in [9.17, 15) is 9.59 Å². The Kier molecular flexibility index (Phi) is 5.51. The first-order valence-corrected chi connectivity index (χ1v) is 11.4. The van der Waals surface area contributed by atoms with Gasteiger partial charge in [0.15, 0.2) is 0 Å². The number of hydrogen-bond donors (Lipinski definition) is 2. The molecule has 1 saturated carbocycles. The Hall–Kier alpha value is -2.15. The molecule has 29 heavy (non-hydrogen) atoms. The number of nitrogens with two attached hydrogens (primary N) is 1. The predicted octanol–water partition coefficient (Wildman–Crippen LogP) is 3.70. The van der Waals surface area contributed by atoms with Crippen LogP contribution in [0.4, 0.5) is 5.69 Å². The lowest BCUT2D eigenvalue weighted by Gasteiger charge is -2.40. The van der Waals surface area contributed by atoms with E-state index < -0.39 is 0 Å². The van der Waals surface area contributed by atoms with Crippen molar-refractivity contribution in [3.63, 3.8) is 0 Å². The molecule has 0 spiro atoms. The number of hydrogen-bond acceptors (Lipinski definition) is 5. The molecular formula is C22H30N4O2S. The van der Waals surface area contributed by atoms with Crippen molar-refractivity contribution in [1.82, 2.24) is 15.2 Å². The van der Waals surface area contributed by atoms with Crippen molar-refractivity contribution in [1.29, 1.82) is 0 Å². The number of piperidine rings is 1. The Morgan fingerprint density at radius 1 is 1.31 bits per heavy atom. The van der Waals surface area contributed by atoms with Crippen LogP contribution in [0.3, 0.4) is 0 Å². The monoisotopic (exact) mass is 414 g/mol. The molecule has 2 fully saturated rings. The fourth-order valence-electron chi connectivity index (χ4n) is 4.87. The molecule has 156 valence electrons. The average Bonchev–Trinajstić information content (AvgIpc) is 3.35. The van der Waals surface area contributed by atoms with Crippen LogP contribution in [0.1, 0.15) is 67.2 Å². The fraction of sp³-hybridized carbons (Fsp3) is 0.591. The molecule has 1 unspecified atom stereocenters. The standard InChI is InChI=1S/C22H30N4O2S/c1-22(10-5-11-26(13-22)17(27)12-14-6-3-4-7-14)16-9-8-15-18(23)19(20(28)24-2)29-21(15)25-16/h8-9,14H,3-7,10-13,23H2,1-2H3,(H,24,28). The molecule has 0 radical (unpaired) electrons. The molecule has 1 saturated heterocycles. The van der Waals surface area contributed by atoms with Crippen LogP contribution in [0.25, 0.3) is 10.2 Å². The molecule has 2 aromatic heterocycles. The lowest BCUT2D eigenvalue weighted by Crippen LogP contribution is -2.47. The van der Waals surface area contributed by atoms with Crippen LogP contribution >= 0.6 is 11.3 Å². The molecule has 1 aliphatic heterocycles. The summed E-state index contributed by atoms with van der Waals surface area (Å²) in [6.07, 6.45) is 7.61. The Bertz CT molecular complexity index is 934. The van der Waals surface area contributed by atoms with E-state index in [4.69, 9.17) is 10.7 Å². The molecule has 7 heteroatoms. The summed E-state index contributed by atoms with van der Waals surface area (Å²) in [5.74, 6) is 0.688. The summed E-state index contributed by atoms with van der Waals surface area (Å²) in [5, 5.41) is 3.46. The average molecular weight is 415 g/mol. The molecule has 3 N–H and O–H groups in total. The fourth-order valence-corrected chi connectivity index (χ4v) is 5.91. The number of anilines is 1. The van der Waals surface area contributed by atoms with Crippen LogP contribution in [-0.4, -0.2) is 41.8 Å². The molecule has 1 atom stereocenters. The molecule has 1 aliphatic carbocycles. The van der Waals surface area contributed by atoms with Gasteiger partial charge in [-0.15, -0.1) is 11.3 Å². The van der Waals surface area contributed by atoms with E-state index in [1.165, 1.54) is 37.0 Å². The van der Waals surface area contributed by atoms with E-state index >= 15 is 0 Å². The second-order valence-corrected chi connectivity index (χ2v) is 9.81. The molecule has 3 heterocycles. The van der Waals surface area contributed by atoms with Gasteiger partial charge in [0.05, 0.1) is 5.69 Å². The quantitative estimate of drug-likeness (QED) is 0.798. The van der Waals surface area contributed by atoms with E-state index in [2.05, 4.69) is 12.2 Å². The zero-order valence-electron chi connectivity index (χ0n) is 17.3. The highest BCUT2D eigenvalue weighted by Gasteiger charge is 2.36. The molecule has 4 rings (SSSR count). The number of likely N-dealkylation sites (tertiary alicyclic amines) is 1. The maximum absolute atomic E-state index is 12.9. The largest absolute Gasteiger partial charge is 0.397 e. The highest BCUT2D eigenvalue weighted by atomic mass is 32.1. The van der Waals surface area contributed by atoms with Crippen molar-refractivity contribution < 1.29 is 9.59 Å². The van der Waals surface area contributed by atoms with E-state index in [0.717, 1.165) is 35.3 Å². The minimum Gasteiger partial charge on any atom is -0.397 e. The van der Waals surface area contributed by atoms with Crippen LogP contribution in [0.2, 0.25) is 0 Å². The Balaban J connectivity index is 1.56. The van der Waals surface area contributed by atoms with Gasteiger partial charge in [0.25, 0.3) is 5.91 Å². The number of nitrogens with zero attached hydrogens (tertiary/aromatic N) is 2. The normalized spacial score (nSPS) is 22.9. The van der Waals surface area contributed by atoms with Crippen LogP contribution in [-0.2, 0) is 10.2 Å². The number of carbonyl (C=O) groups excluding carboxylic acids is 2. The Morgan fingerprint density at radius 3 is 2.79 bits per heavy atom. The van der Waals surface area contributed by atoms with E-state index in [1.54, 1.807) is 7.05 Å². The van der Waals surface area contributed by atoms with Crippen molar-refractivity contribution in [2.75, 3.05) is 25.9 Å². The van der Waals surface area contributed by atoms with Gasteiger partial charge in [-0.2, -0.15) is 0 Å². The highest BCUT2D eigenvalue weighted by molar-refractivity contribution is 7.21. The zero-order chi connectivity index (χ0) is 20.6. The second kappa shape index (κ2) is 7.94. The number of rotatable bonds is 4. The number of aromatic nitrogens is 1. The summed E-state index contributed by atoms with van der Waals surface area (Å²) in [6, 6.07) is 3.99. The highest BCUT2D eigenvalue weighted by Crippen LogP contribution is 2.38. The first-order chi connectivity index (χ1) is 13.9. The minimum atomic E-state index is -0.181. The van der Waals surface area contributed by atoms with Crippen molar-refractivity contribution in [3.8, 4) is 0 Å². The van der Waals surface area contributed by atoms with Crippen LogP contribution in [0.5, 0.6) is 0 Å². The maximum atomic E-state index is 12.9. The minimum absolute atomic E-state index is 0.177. The number of nitrogens with one attached hydrogen (secondary N) is 1. The van der Waals surface area contributed by atoms with E-state index in [1.807, 2.05) is 17.0 Å². The second-order valence-electron chi connectivity index (χ2n) is 8.81. The first-order valence-electron chi connectivity index (χ1n) is 10.6. The van der Waals surface area contributed by atoms with Gasteiger partial charge in [0, 0.05) is 43.1 Å². The number of carbonyl (C=O) groups is 2. The molecular weight excluding hydrogens is 384 g/mol. The lowest BCUT2D eigenvalue weighted by molar-refractivity contribution is -0.134. The molecule has 2 amide bonds. The topological polar surface area (TPSA) is 88.3 Å². The summed E-state index contributed by atoms with van der Waals surface area (Å²) in [7, 11) is 1.60. The summed E-state index contributed by atoms with van der Waals surface area (Å²) in [4.78, 5) is 33.2. The molecule has 2 aromatic rings. The van der Waals surface area contributed by atoms with Crippen molar-refractivity contribution in [3.05, 3.63) is 22.7 Å². The first kappa shape index (κ1) is 20.1. The number of pyridine rings is 1. The van der Waals surface area contributed by atoms with Gasteiger partial charge in [-0.1, -0.05) is 19.8 Å². The SMILES string of the molecule is CNC(=O)c1sc2nc(C3(C)CCCN(C(=O)CC4CCCC4)C3)ccc2c1N. The number of amides is 2. The molecule has 6 nitrogen and oxygen atoms in total. The Morgan fingerprint density at radius 2 is 2.07 bits per heavy atom. The lowest BCUT2D eigenvalue weighted by atomic mass is 9.78. The van der Waals surface area contributed by atoms with Gasteiger partial charge in [0.2, 0.25) is 5.91 Å². The van der Waals surface area contributed by atoms with Crippen molar-refractivity contribution in [2.45, 2.75) is 57.3 Å². The van der Waals surface area contributed by atoms with E-state index in [0.29, 0.717) is 35.4 Å². The molecule has 0 bridgehead atoms. The zero-order valence-corrected chi connectivity index (χ0v) is 18.1. The summed E-state index contributed by atoms with van der Waals surface area (Å²) in [5.41, 5.74) is 7.47. The summed E-state index contributed by atoms with van der Waals surface area (Å²) < 4.78 is 0. The van der Waals surface area contributed by atoms with Gasteiger partial charge >= 0.3 is 0 Å².